The number of amides is 3. The van der Waals surface area contributed by atoms with Crippen LogP contribution in [0.25, 0.3) is 0 Å². The van der Waals surface area contributed by atoms with E-state index < -0.39 is 5.97 Å². The van der Waals surface area contributed by atoms with Crippen molar-refractivity contribution < 1.29 is 19.5 Å². The predicted molar refractivity (Wildman–Crippen MR) is 73.3 cm³/mol. The van der Waals surface area contributed by atoms with Gasteiger partial charge >= 0.3 is 12.0 Å². The van der Waals surface area contributed by atoms with Gasteiger partial charge in [-0.3, -0.25) is 9.59 Å². The molecule has 0 aliphatic carbocycles. The lowest BCUT2D eigenvalue weighted by Gasteiger charge is -2.31. The monoisotopic (exact) mass is 285 g/mol. The molecule has 20 heavy (non-hydrogen) atoms. The van der Waals surface area contributed by atoms with Crippen molar-refractivity contribution in [2.75, 3.05) is 19.6 Å². The number of carbonyl (C=O) groups is 3. The Labute approximate surface area is 118 Å². The summed E-state index contributed by atoms with van der Waals surface area (Å²) in [6.07, 6.45) is 1.40. The molecule has 2 N–H and O–H groups in total. The van der Waals surface area contributed by atoms with Crippen LogP contribution < -0.4 is 5.32 Å². The van der Waals surface area contributed by atoms with Crippen LogP contribution in [-0.2, 0) is 9.59 Å². The van der Waals surface area contributed by atoms with Crippen LogP contribution in [0.2, 0.25) is 0 Å². The highest BCUT2D eigenvalue weighted by atomic mass is 16.4. The van der Waals surface area contributed by atoms with E-state index in [1.165, 1.54) is 11.8 Å². The SMILES string of the molecule is CCC(C)N(CC(=O)O)C(=O)N1CCC(NC(C)=O)C1. The van der Waals surface area contributed by atoms with Crippen LogP contribution in [-0.4, -0.2) is 64.5 Å². The number of carboxylic acid groups (broad SMARTS) is 1. The first-order valence-electron chi connectivity index (χ1n) is 6.89. The van der Waals surface area contributed by atoms with Crippen molar-refractivity contribution in [1.82, 2.24) is 15.1 Å². The average Bonchev–Trinajstić information content (AvgIpc) is 2.81. The molecule has 2 unspecified atom stereocenters. The van der Waals surface area contributed by atoms with Gasteiger partial charge in [-0.05, 0) is 19.8 Å². The molecule has 114 valence electrons. The summed E-state index contributed by atoms with van der Waals surface area (Å²) in [5.41, 5.74) is 0. The topological polar surface area (TPSA) is 90.0 Å². The smallest absolute Gasteiger partial charge is 0.323 e. The van der Waals surface area contributed by atoms with Crippen molar-refractivity contribution >= 4 is 17.9 Å². The fourth-order valence-electron chi connectivity index (χ4n) is 2.30. The summed E-state index contributed by atoms with van der Waals surface area (Å²) in [7, 11) is 0. The van der Waals surface area contributed by atoms with Gasteiger partial charge in [0.2, 0.25) is 5.91 Å². The second-order valence-corrected chi connectivity index (χ2v) is 5.19. The second kappa shape index (κ2) is 7.12. The van der Waals surface area contributed by atoms with Crippen molar-refractivity contribution in [1.29, 1.82) is 0 Å². The zero-order chi connectivity index (χ0) is 15.3. The molecule has 7 heteroatoms. The molecule has 0 bridgehead atoms. The molecule has 0 radical (unpaired) electrons. The molecule has 0 aromatic heterocycles. The van der Waals surface area contributed by atoms with Crippen molar-refractivity contribution in [2.45, 2.75) is 45.7 Å². The van der Waals surface area contributed by atoms with Crippen molar-refractivity contribution in [2.24, 2.45) is 0 Å². The molecule has 0 aromatic carbocycles. The van der Waals surface area contributed by atoms with Crippen molar-refractivity contribution in [3.63, 3.8) is 0 Å². The number of nitrogens with zero attached hydrogens (tertiary/aromatic N) is 2. The molecular formula is C13H23N3O4. The zero-order valence-corrected chi connectivity index (χ0v) is 12.3. The highest BCUT2D eigenvalue weighted by molar-refractivity contribution is 5.81. The lowest BCUT2D eigenvalue weighted by molar-refractivity contribution is -0.138. The minimum atomic E-state index is -1.02. The number of carboxylic acids is 1. The normalized spacial score (nSPS) is 19.6. The van der Waals surface area contributed by atoms with Gasteiger partial charge in [0.25, 0.3) is 0 Å². The first-order chi connectivity index (χ1) is 9.35. The summed E-state index contributed by atoms with van der Waals surface area (Å²) in [6, 6.07) is -0.437. The maximum atomic E-state index is 12.4. The minimum Gasteiger partial charge on any atom is -0.480 e. The van der Waals surface area contributed by atoms with E-state index in [1.807, 2.05) is 13.8 Å². The molecule has 0 spiro atoms. The summed E-state index contributed by atoms with van der Waals surface area (Å²) in [5.74, 6) is -1.13. The molecule has 1 aliphatic heterocycles. The fraction of sp³-hybridized carbons (Fsp3) is 0.769. The van der Waals surface area contributed by atoms with Gasteiger partial charge in [-0.15, -0.1) is 0 Å². The number of aliphatic carboxylic acids is 1. The number of hydrogen-bond donors (Lipinski definition) is 2. The number of hydrogen-bond acceptors (Lipinski definition) is 3. The molecule has 2 atom stereocenters. The first-order valence-corrected chi connectivity index (χ1v) is 6.89. The molecule has 1 heterocycles. The summed E-state index contributed by atoms with van der Waals surface area (Å²) >= 11 is 0. The van der Waals surface area contributed by atoms with E-state index in [0.29, 0.717) is 25.9 Å². The maximum absolute atomic E-state index is 12.4. The molecule has 1 fully saturated rings. The average molecular weight is 285 g/mol. The summed E-state index contributed by atoms with van der Waals surface area (Å²) in [4.78, 5) is 37.3. The molecule has 0 aromatic rings. The third-order valence-electron chi connectivity index (χ3n) is 3.54. The quantitative estimate of drug-likeness (QED) is 0.769. The molecule has 1 aliphatic rings. The van der Waals surface area contributed by atoms with Crippen molar-refractivity contribution in [3.05, 3.63) is 0 Å². The highest BCUT2D eigenvalue weighted by Crippen LogP contribution is 2.14. The Kier molecular flexibility index (Phi) is 5.79. The van der Waals surface area contributed by atoms with Crippen LogP contribution in [0.15, 0.2) is 0 Å². The van der Waals surface area contributed by atoms with Gasteiger partial charge in [0, 0.05) is 32.1 Å². The van der Waals surface area contributed by atoms with E-state index in [2.05, 4.69) is 5.32 Å². The Morgan fingerprint density at radius 2 is 2.10 bits per heavy atom. The Morgan fingerprint density at radius 3 is 2.60 bits per heavy atom. The third kappa shape index (κ3) is 4.40. The highest BCUT2D eigenvalue weighted by Gasteiger charge is 2.32. The van der Waals surface area contributed by atoms with Gasteiger partial charge in [0.1, 0.15) is 6.54 Å². The molecule has 0 saturated carbocycles. The Bertz CT molecular complexity index is 386. The number of rotatable bonds is 5. The second-order valence-electron chi connectivity index (χ2n) is 5.19. The molecule has 3 amide bonds. The standard InChI is InChI=1S/C13H23N3O4/c1-4-9(2)16(8-12(18)19)13(20)15-6-5-11(7-15)14-10(3)17/h9,11H,4-8H2,1-3H3,(H,14,17)(H,18,19). The first kappa shape index (κ1) is 16.3. The van der Waals surface area contributed by atoms with Gasteiger partial charge in [0.05, 0.1) is 0 Å². The zero-order valence-electron chi connectivity index (χ0n) is 12.3. The molecule has 7 nitrogen and oxygen atoms in total. The molecule has 1 saturated heterocycles. The van der Waals surface area contributed by atoms with E-state index >= 15 is 0 Å². The third-order valence-corrected chi connectivity index (χ3v) is 3.54. The van der Waals surface area contributed by atoms with Crippen LogP contribution in [0.1, 0.15) is 33.6 Å². The number of carbonyl (C=O) groups excluding carboxylic acids is 2. The van der Waals surface area contributed by atoms with Gasteiger partial charge in [-0.2, -0.15) is 0 Å². The van der Waals surface area contributed by atoms with Crippen LogP contribution >= 0.6 is 0 Å². The van der Waals surface area contributed by atoms with E-state index in [0.717, 1.165) is 0 Å². The Balaban J connectivity index is 2.66. The van der Waals surface area contributed by atoms with Crippen LogP contribution in [0.5, 0.6) is 0 Å². The lowest BCUT2D eigenvalue weighted by Crippen LogP contribution is -2.49. The fourth-order valence-corrected chi connectivity index (χ4v) is 2.30. The van der Waals surface area contributed by atoms with Gasteiger partial charge in [-0.1, -0.05) is 6.92 Å². The van der Waals surface area contributed by atoms with Crippen LogP contribution in [0, 0.1) is 0 Å². The minimum absolute atomic E-state index is 0.0416. The number of nitrogens with one attached hydrogen (secondary N) is 1. The van der Waals surface area contributed by atoms with E-state index in [4.69, 9.17) is 5.11 Å². The maximum Gasteiger partial charge on any atom is 0.323 e. The summed E-state index contributed by atoms with van der Waals surface area (Å²) in [5, 5.41) is 11.7. The van der Waals surface area contributed by atoms with Gasteiger partial charge in [-0.25, -0.2) is 4.79 Å². The summed E-state index contributed by atoms with van der Waals surface area (Å²) in [6.45, 7) is 5.87. The lowest BCUT2D eigenvalue weighted by atomic mass is 10.2. The Hall–Kier alpha value is -1.79. The predicted octanol–water partition coefficient (Wildman–Crippen LogP) is 0.502. The van der Waals surface area contributed by atoms with Gasteiger partial charge < -0.3 is 20.2 Å². The molecular weight excluding hydrogens is 262 g/mol. The number of likely N-dealkylation sites (tertiary alicyclic amines) is 1. The largest absolute Gasteiger partial charge is 0.480 e. The molecule has 1 rings (SSSR count). The van der Waals surface area contributed by atoms with Crippen molar-refractivity contribution in [3.8, 4) is 0 Å². The van der Waals surface area contributed by atoms with Crippen LogP contribution in [0.4, 0.5) is 4.79 Å². The number of urea groups is 1. The van der Waals surface area contributed by atoms with Gasteiger partial charge in [0.15, 0.2) is 0 Å². The van der Waals surface area contributed by atoms with E-state index in [1.54, 1.807) is 4.90 Å². The van der Waals surface area contributed by atoms with E-state index in [-0.39, 0.29) is 30.6 Å². The Morgan fingerprint density at radius 1 is 1.45 bits per heavy atom. The van der Waals surface area contributed by atoms with Crippen LogP contribution in [0.3, 0.4) is 0 Å². The van der Waals surface area contributed by atoms with E-state index in [9.17, 15) is 14.4 Å². The summed E-state index contributed by atoms with van der Waals surface area (Å²) < 4.78 is 0.